The third-order valence-electron chi connectivity index (χ3n) is 4.86. The lowest BCUT2D eigenvalue weighted by Gasteiger charge is -2.28. The van der Waals surface area contributed by atoms with Gasteiger partial charge in [0.15, 0.2) is 0 Å². The second-order valence-corrected chi connectivity index (χ2v) is 6.26. The van der Waals surface area contributed by atoms with Crippen molar-refractivity contribution < 1.29 is 14.3 Å². The fourth-order valence-corrected chi connectivity index (χ4v) is 2.78. The van der Waals surface area contributed by atoms with Crippen LogP contribution in [0.4, 0.5) is 11.4 Å². The summed E-state index contributed by atoms with van der Waals surface area (Å²) in [5.41, 5.74) is 6.76. The highest BCUT2D eigenvalue weighted by atomic mass is 35.5. The lowest BCUT2D eigenvalue weighted by Crippen LogP contribution is -2.41. The number of carbonyl (C=O) groups excluding carboxylic acids is 2. The molecular weight excluding hydrogens is 415 g/mol. The van der Waals surface area contributed by atoms with Crippen molar-refractivity contribution in [2.45, 2.75) is 26.7 Å². The Labute approximate surface area is 183 Å². The Kier molecular flexibility index (Phi) is 11.3. The highest BCUT2D eigenvalue weighted by Crippen LogP contribution is 2.31. The molecule has 0 saturated carbocycles. The first kappa shape index (κ1) is 26.6. The van der Waals surface area contributed by atoms with Gasteiger partial charge in [-0.05, 0) is 37.1 Å². The van der Waals surface area contributed by atoms with Crippen molar-refractivity contribution in [1.29, 1.82) is 0 Å². The van der Waals surface area contributed by atoms with Crippen molar-refractivity contribution in [1.82, 2.24) is 4.98 Å². The SMILES string of the molecule is CCC(CC)(CN)C(=O)Nc1ccc(NC(=O)c2cccnc2)c(OC)c1.Cl.Cl. The molecule has 7 nitrogen and oxygen atoms in total. The molecule has 1 aromatic carbocycles. The molecule has 0 radical (unpaired) electrons. The number of ether oxygens (including phenoxy) is 1. The summed E-state index contributed by atoms with van der Waals surface area (Å²) in [4.78, 5) is 28.9. The molecule has 2 aromatic rings. The molecule has 1 aromatic heterocycles. The maximum Gasteiger partial charge on any atom is 0.257 e. The Morgan fingerprint density at radius 2 is 1.83 bits per heavy atom. The standard InChI is InChI=1S/C20H26N4O3.2ClH/c1-4-20(5-2,13-21)19(26)23-15-8-9-16(17(11-15)27-3)24-18(25)14-7-6-10-22-12-14;;/h6-12H,4-5,13,21H2,1-3H3,(H,23,26)(H,24,25);2*1H. The van der Waals surface area contributed by atoms with Crippen LogP contribution in [0.2, 0.25) is 0 Å². The number of hydrogen-bond acceptors (Lipinski definition) is 5. The molecule has 0 unspecified atom stereocenters. The number of methoxy groups -OCH3 is 1. The average molecular weight is 443 g/mol. The van der Waals surface area contributed by atoms with Crippen LogP contribution in [0.1, 0.15) is 37.0 Å². The van der Waals surface area contributed by atoms with Gasteiger partial charge in [-0.25, -0.2) is 0 Å². The van der Waals surface area contributed by atoms with Crippen molar-refractivity contribution in [2.24, 2.45) is 11.1 Å². The third kappa shape index (κ3) is 6.32. The van der Waals surface area contributed by atoms with E-state index in [2.05, 4.69) is 15.6 Å². The summed E-state index contributed by atoms with van der Waals surface area (Å²) < 4.78 is 5.36. The van der Waals surface area contributed by atoms with E-state index < -0.39 is 5.41 Å². The van der Waals surface area contributed by atoms with Gasteiger partial charge in [-0.1, -0.05) is 13.8 Å². The monoisotopic (exact) mass is 442 g/mol. The van der Waals surface area contributed by atoms with Crippen LogP contribution in [0, 0.1) is 5.41 Å². The van der Waals surface area contributed by atoms with Crippen LogP contribution < -0.4 is 21.1 Å². The number of carbonyl (C=O) groups is 2. The highest BCUT2D eigenvalue weighted by molar-refractivity contribution is 6.05. The molecule has 4 N–H and O–H groups in total. The number of halogens is 2. The molecule has 2 rings (SSSR count). The average Bonchev–Trinajstić information content (AvgIpc) is 2.71. The van der Waals surface area contributed by atoms with Gasteiger partial charge in [-0.2, -0.15) is 0 Å². The van der Waals surface area contributed by atoms with Gasteiger partial charge in [-0.3, -0.25) is 14.6 Å². The largest absolute Gasteiger partial charge is 0.494 e. The summed E-state index contributed by atoms with van der Waals surface area (Å²) >= 11 is 0. The van der Waals surface area contributed by atoms with E-state index in [0.29, 0.717) is 35.5 Å². The smallest absolute Gasteiger partial charge is 0.257 e. The van der Waals surface area contributed by atoms with Crippen LogP contribution in [0.15, 0.2) is 42.7 Å². The van der Waals surface area contributed by atoms with E-state index in [1.54, 1.807) is 36.5 Å². The quantitative estimate of drug-likeness (QED) is 0.574. The molecule has 2 amide bonds. The van der Waals surface area contributed by atoms with Gasteiger partial charge < -0.3 is 21.1 Å². The summed E-state index contributed by atoms with van der Waals surface area (Å²) in [6, 6.07) is 8.43. The number of nitrogens with zero attached hydrogens (tertiary/aromatic N) is 1. The number of nitrogens with two attached hydrogens (primary N) is 1. The topological polar surface area (TPSA) is 106 Å². The molecule has 160 valence electrons. The number of pyridine rings is 1. The third-order valence-corrected chi connectivity index (χ3v) is 4.86. The first-order valence-corrected chi connectivity index (χ1v) is 8.90. The Morgan fingerprint density at radius 1 is 1.14 bits per heavy atom. The minimum Gasteiger partial charge on any atom is -0.494 e. The van der Waals surface area contributed by atoms with Gasteiger partial charge in [0.05, 0.1) is 23.8 Å². The molecular formula is C20H28Cl2N4O3. The number of hydrogen-bond donors (Lipinski definition) is 3. The van der Waals surface area contributed by atoms with Crippen LogP contribution in [-0.2, 0) is 4.79 Å². The predicted octanol–water partition coefficient (Wildman–Crippen LogP) is 3.89. The Morgan fingerprint density at radius 3 is 2.34 bits per heavy atom. The summed E-state index contributed by atoms with van der Waals surface area (Å²) in [6.07, 6.45) is 4.39. The molecule has 0 bridgehead atoms. The van der Waals surface area contributed by atoms with E-state index >= 15 is 0 Å². The lowest BCUT2D eigenvalue weighted by atomic mass is 9.81. The minimum atomic E-state index is -0.597. The number of anilines is 2. The molecule has 0 atom stereocenters. The van der Waals surface area contributed by atoms with Gasteiger partial charge in [0, 0.05) is 30.7 Å². The fourth-order valence-electron chi connectivity index (χ4n) is 2.78. The van der Waals surface area contributed by atoms with E-state index in [-0.39, 0.29) is 43.2 Å². The normalized spacial score (nSPS) is 10.2. The molecule has 0 aliphatic heterocycles. The van der Waals surface area contributed by atoms with Gasteiger partial charge >= 0.3 is 0 Å². The summed E-state index contributed by atoms with van der Waals surface area (Å²) in [7, 11) is 1.50. The highest BCUT2D eigenvalue weighted by Gasteiger charge is 2.33. The minimum absolute atomic E-state index is 0. The first-order chi connectivity index (χ1) is 13.0. The van der Waals surface area contributed by atoms with Crippen molar-refractivity contribution >= 4 is 48.0 Å². The molecule has 1 heterocycles. The molecule has 0 aliphatic rings. The maximum absolute atomic E-state index is 12.7. The number of nitrogens with one attached hydrogen (secondary N) is 2. The summed E-state index contributed by atoms with van der Waals surface area (Å²) in [6.45, 7) is 4.18. The molecule has 29 heavy (non-hydrogen) atoms. The van der Waals surface area contributed by atoms with Crippen molar-refractivity contribution in [2.75, 3.05) is 24.3 Å². The van der Waals surface area contributed by atoms with Crippen LogP contribution in [0.25, 0.3) is 0 Å². The zero-order valence-corrected chi connectivity index (χ0v) is 18.4. The van der Waals surface area contributed by atoms with E-state index in [9.17, 15) is 9.59 Å². The number of rotatable bonds is 8. The Balaban J connectivity index is 0.00000392. The summed E-state index contributed by atoms with van der Waals surface area (Å²) in [5, 5.41) is 5.69. The molecule has 0 saturated heterocycles. The first-order valence-electron chi connectivity index (χ1n) is 8.90. The second kappa shape index (κ2) is 12.3. The van der Waals surface area contributed by atoms with Crippen LogP contribution >= 0.6 is 24.8 Å². The zero-order valence-electron chi connectivity index (χ0n) is 16.7. The summed E-state index contributed by atoms with van der Waals surface area (Å²) in [5.74, 6) is 0.0258. The van der Waals surface area contributed by atoms with Crippen molar-refractivity contribution in [3.63, 3.8) is 0 Å². The maximum atomic E-state index is 12.7. The molecule has 0 spiro atoms. The second-order valence-electron chi connectivity index (χ2n) is 6.26. The van der Waals surface area contributed by atoms with Crippen molar-refractivity contribution in [3.05, 3.63) is 48.3 Å². The Bertz CT molecular complexity index is 791. The van der Waals surface area contributed by atoms with E-state index in [4.69, 9.17) is 10.5 Å². The van der Waals surface area contributed by atoms with Crippen LogP contribution in [-0.4, -0.2) is 30.5 Å². The predicted molar refractivity (Wildman–Crippen MR) is 120 cm³/mol. The van der Waals surface area contributed by atoms with Gasteiger partial charge in [0.2, 0.25) is 5.91 Å². The van der Waals surface area contributed by atoms with Crippen molar-refractivity contribution in [3.8, 4) is 5.75 Å². The van der Waals surface area contributed by atoms with Crippen LogP contribution in [0.5, 0.6) is 5.75 Å². The van der Waals surface area contributed by atoms with Gasteiger partial charge in [0.25, 0.3) is 5.91 Å². The molecule has 9 heteroatoms. The zero-order chi connectivity index (χ0) is 19.9. The van der Waals surface area contributed by atoms with E-state index in [0.717, 1.165) is 0 Å². The van der Waals surface area contributed by atoms with Gasteiger partial charge in [0.1, 0.15) is 5.75 Å². The number of amides is 2. The number of aromatic nitrogens is 1. The molecule has 0 fully saturated rings. The van der Waals surface area contributed by atoms with Crippen LogP contribution in [0.3, 0.4) is 0 Å². The Hall–Kier alpha value is -2.35. The van der Waals surface area contributed by atoms with E-state index in [1.165, 1.54) is 13.3 Å². The van der Waals surface area contributed by atoms with E-state index in [1.807, 2.05) is 13.8 Å². The van der Waals surface area contributed by atoms with Gasteiger partial charge in [-0.15, -0.1) is 24.8 Å². The number of benzene rings is 1. The molecule has 0 aliphatic carbocycles. The fraction of sp³-hybridized carbons (Fsp3) is 0.350. The lowest BCUT2D eigenvalue weighted by molar-refractivity contribution is -0.125.